The molecule has 0 amide bonds. The minimum Gasteiger partial charge on any atom is -0.446 e. The standard InChI is InChI=1S/C13H19NO2/c1-3-7-12(15)16-13(14)10(2)11-8-5-4-6-9-11/h4-6,8-10,13H,3,7,14H2,1-2H3. The topological polar surface area (TPSA) is 52.3 Å². The fourth-order valence-electron chi connectivity index (χ4n) is 1.46. The summed E-state index contributed by atoms with van der Waals surface area (Å²) >= 11 is 0. The summed E-state index contributed by atoms with van der Waals surface area (Å²) in [6.07, 6.45) is 0.641. The highest BCUT2D eigenvalue weighted by atomic mass is 16.6. The number of rotatable bonds is 5. The van der Waals surface area contributed by atoms with Crippen LogP contribution in [0.3, 0.4) is 0 Å². The van der Waals surface area contributed by atoms with Crippen molar-refractivity contribution in [3.8, 4) is 0 Å². The quantitative estimate of drug-likeness (QED) is 0.613. The molecule has 0 aliphatic heterocycles. The van der Waals surface area contributed by atoms with Crippen molar-refractivity contribution in [3.05, 3.63) is 35.9 Å². The number of benzene rings is 1. The van der Waals surface area contributed by atoms with Crippen LogP contribution in [0.2, 0.25) is 0 Å². The number of nitrogens with two attached hydrogens (primary N) is 1. The molecular weight excluding hydrogens is 202 g/mol. The van der Waals surface area contributed by atoms with Crippen LogP contribution in [0.25, 0.3) is 0 Å². The van der Waals surface area contributed by atoms with E-state index in [1.807, 2.05) is 44.2 Å². The van der Waals surface area contributed by atoms with Gasteiger partial charge < -0.3 is 4.74 Å². The lowest BCUT2D eigenvalue weighted by molar-refractivity contribution is -0.149. The van der Waals surface area contributed by atoms with E-state index in [0.29, 0.717) is 6.42 Å². The normalized spacial score (nSPS) is 14.2. The van der Waals surface area contributed by atoms with Gasteiger partial charge in [0.05, 0.1) is 0 Å². The van der Waals surface area contributed by atoms with Gasteiger partial charge >= 0.3 is 5.97 Å². The van der Waals surface area contributed by atoms with Gasteiger partial charge in [0.1, 0.15) is 0 Å². The van der Waals surface area contributed by atoms with Crippen LogP contribution in [-0.2, 0) is 9.53 Å². The van der Waals surface area contributed by atoms with E-state index >= 15 is 0 Å². The van der Waals surface area contributed by atoms with Gasteiger partial charge in [-0.15, -0.1) is 0 Å². The fourth-order valence-corrected chi connectivity index (χ4v) is 1.46. The third kappa shape index (κ3) is 3.66. The van der Waals surface area contributed by atoms with E-state index < -0.39 is 6.23 Å². The highest BCUT2D eigenvalue weighted by Gasteiger charge is 2.18. The fraction of sp³-hybridized carbons (Fsp3) is 0.462. The van der Waals surface area contributed by atoms with Crippen molar-refractivity contribution in [2.75, 3.05) is 0 Å². The van der Waals surface area contributed by atoms with Crippen molar-refractivity contribution in [2.45, 2.75) is 38.8 Å². The van der Waals surface area contributed by atoms with Crippen LogP contribution in [0.1, 0.15) is 38.2 Å². The number of hydrogen-bond acceptors (Lipinski definition) is 3. The second kappa shape index (κ2) is 6.28. The summed E-state index contributed by atoms with van der Waals surface area (Å²) in [4.78, 5) is 11.3. The molecule has 1 rings (SSSR count). The van der Waals surface area contributed by atoms with Crippen LogP contribution in [0.15, 0.2) is 30.3 Å². The Labute approximate surface area is 96.6 Å². The van der Waals surface area contributed by atoms with E-state index in [1.54, 1.807) is 0 Å². The van der Waals surface area contributed by atoms with Crippen molar-refractivity contribution < 1.29 is 9.53 Å². The maximum absolute atomic E-state index is 11.3. The van der Waals surface area contributed by atoms with Gasteiger partial charge in [-0.3, -0.25) is 10.5 Å². The summed E-state index contributed by atoms with van der Waals surface area (Å²) in [5.74, 6) is -0.209. The first-order valence-corrected chi connectivity index (χ1v) is 5.65. The number of carbonyl (C=O) groups excluding carboxylic acids is 1. The molecule has 0 spiro atoms. The molecule has 0 bridgehead atoms. The second-order valence-electron chi connectivity index (χ2n) is 3.90. The van der Waals surface area contributed by atoms with E-state index in [4.69, 9.17) is 10.5 Å². The van der Waals surface area contributed by atoms with Crippen LogP contribution in [0.5, 0.6) is 0 Å². The van der Waals surface area contributed by atoms with Crippen molar-refractivity contribution in [2.24, 2.45) is 5.73 Å². The Balaban J connectivity index is 2.54. The van der Waals surface area contributed by atoms with Crippen LogP contribution in [0, 0.1) is 0 Å². The second-order valence-corrected chi connectivity index (χ2v) is 3.90. The Hall–Kier alpha value is -1.35. The van der Waals surface area contributed by atoms with Gasteiger partial charge in [0.15, 0.2) is 6.23 Å². The molecule has 0 aliphatic carbocycles. The number of ether oxygens (including phenoxy) is 1. The van der Waals surface area contributed by atoms with E-state index in [-0.39, 0.29) is 11.9 Å². The average Bonchev–Trinajstić information content (AvgIpc) is 2.29. The van der Waals surface area contributed by atoms with E-state index in [0.717, 1.165) is 12.0 Å². The highest BCUT2D eigenvalue weighted by molar-refractivity contribution is 5.69. The third-order valence-corrected chi connectivity index (χ3v) is 2.54. The largest absolute Gasteiger partial charge is 0.446 e. The Bertz CT molecular complexity index is 324. The monoisotopic (exact) mass is 221 g/mol. The molecule has 3 heteroatoms. The minimum atomic E-state index is -0.568. The molecule has 0 aromatic heterocycles. The Morgan fingerprint density at radius 2 is 2.00 bits per heavy atom. The van der Waals surface area contributed by atoms with Gasteiger partial charge in [0.2, 0.25) is 0 Å². The molecule has 1 aromatic rings. The molecule has 0 aliphatic rings. The Morgan fingerprint density at radius 3 is 2.56 bits per heavy atom. The molecule has 88 valence electrons. The molecule has 2 N–H and O–H groups in total. The van der Waals surface area contributed by atoms with E-state index in [2.05, 4.69) is 0 Å². The van der Waals surface area contributed by atoms with Gasteiger partial charge in [-0.1, -0.05) is 44.2 Å². The first kappa shape index (κ1) is 12.7. The molecule has 0 heterocycles. The highest BCUT2D eigenvalue weighted by Crippen LogP contribution is 2.18. The SMILES string of the molecule is CCCC(=O)OC(N)C(C)c1ccccc1. The van der Waals surface area contributed by atoms with Gasteiger partial charge in [0, 0.05) is 12.3 Å². The zero-order valence-electron chi connectivity index (χ0n) is 9.85. The summed E-state index contributed by atoms with van der Waals surface area (Å²) in [5.41, 5.74) is 6.92. The maximum Gasteiger partial charge on any atom is 0.307 e. The summed E-state index contributed by atoms with van der Waals surface area (Å²) in [6, 6.07) is 9.82. The molecule has 16 heavy (non-hydrogen) atoms. The summed E-state index contributed by atoms with van der Waals surface area (Å²) < 4.78 is 5.15. The minimum absolute atomic E-state index is 0.0157. The maximum atomic E-state index is 11.3. The zero-order chi connectivity index (χ0) is 12.0. The smallest absolute Gasteiger partial charge is 0.307 e. The molecular formula is C13H19NO2. The molecule has 0 saturated carbocycles. The van der Waals surface area contributed by atoms with Crippen molar-refractivity contribution in [3.63, 3.8) is 0 Å². The zero-order valence-corrected chi connectivity index (χ0v) is 9.85. The molecule has 0 fully saturated rings. The lowest BCUT2D eigenvalue weighted by Crippen LogP contribution is -2.32. The summed E-state index contributed by atoms with van der Waals surface area (Å²) in [7, 11) is 0. The van der Waals surface area contributed by atoms with Crippen LogP contribution < -0.4 is 5.73 Å². The Kier molecular flexibility index (Phi) is 4.99. The Morgan fingerprint density at radius 1 is 1.38 bits per heavy atom. The summed E-state index contributed by atoms with van der Waals surface area (Å²) in [6.45, 7) is 3.90. The van der Waals surface area contributed by atoms with Crippen molar-refractivity contribution >= 4 is 5.97 Å². The molecule has 0 radical (unpaired) electrons. The lowest BCUT2D eigenvalue weighted by atomic mass is 10.00. The van der Waals surface area contributed by atoms with Crippen molar-refractivity contribution in [1.82, 2.24) is 0 Å². The van der Waals surface area contributed by atoms with Crippen LogP contribution in [0.4, 0.5) is 0 Å². The van der Waals surface area contributed by atoms with Gasteiger partial charge in [-0.25, -0.2) is 0 Å². The predicted octanol–water partition coefficient (Wildman–Crippen LogP) is 2.42. The lowest BCUT2D eigenvalue weighted by Gasteiger charge is -2.20. The number of esters is 1. The first-order valence-electron chi connectivity index (χ1n) is 5.65. The predicted molar refractivity (Wildman–Crippen MR) is 63.8 cm³/mol. The molecule has 0 saturated heterocycles. The molecule has 1 aromatic carbocycles. The van der Waals surface area contributed by atoms with Gasteiger partial charge in [0.25, 0.3) is 0 Å². The third-order valence-electron chi connectivity index (χ3n) is 2.54. The summed E-state index contributed by atoms with van der Waals surface area (Å²) in [5, 5.41) is 0. The van der Waals surface area contributed by atoms with E-state index in [9.17, 15) is 4.79 Å². The number of hydrogen-bond donors (Lipinski definition) is 1. The van der Waals surface area contributed by atoms with Gasteiger partial charge in [-0.2, -0.15) is 0 Å². The van der Waals surface area contributed by atoms with E-state index in [1.165, 1.54) is 0 Å². The van der Waals surface area contributed by atoms with Crippen molar-refractivity contribution in [1.29, 1.82) is 0 Å². The first-order chi connectivity index (χ1) is 7.65. The molecule has 2 atom stereocenters. The molecule has 2 unspecified atom stereocenters. The average molecular weight is 221 g/mol. The van der Waals surface area contributed by atoms with Crippen LogP contribution in [-0.4, -0.2) is 12.2 Å². The number of carbonyl (C=O) groups is 1. The molecule has 3 nitrogen and oxygen atoms in total. The van der Waals surface area contributed by atoms with Gasteiger partial charge in [-0.05, 0) is 12.0 Å². The van der Waals surface area contributed by atoms with Crippen LogP contribution >= 0.6 is 0 Å².